The maximum Gasteiger partial charge on any atom is 0.342 e. The van der Waals surface area contributed by atoms with E-state index in [0.717, 1.165) is 31.6 Å². The van der Waals surface area contributed by atoms with Crippen molar-refractivity contribution in [3.8, 4) is 0 Å². The van der Waals surface area contributed by atoms with Crippen LogP contribution in [-0.2, 0) is 16.6 Å². The topological polar surface area (TPSA) is 64.4 Å². The number of piperidine rings is 1. The fourth-order valence-electron chi connectivity index (χ4n) is 2.41. The summed E-state index contributed by atoms with van der Waals surface area (Å²) in [5.41, 5.74) is 1.14. The van der Waals surface area contributed by atoms with Crippen LogP contribution in [0.3, 0.4) is 0 Å². The SMILES string of the molecule is Cc1c(C(=O)OCC(=O)N2CCCC(C)C2)cnn1C. The number of amides is 1. The summed E-state index contributed by atoms with van der Waals surface area (Å²) in [6.07, 6.45) is 3.63. The van der Waals surface area contributed by atoms with Crippen LogP contribution in [0, 0.1) is 12.8 Å². The van der Waals surface area contributed by atoms with Crippen LogP contribution in [0.4, 0.5) is 0 Å². The van der Waals surface area contributed by atoms with Crippen LogP contribution in [0.1, 0.15) is 35.8 Å². The first kappa shape index (κ1) is 14.6. The van der Waals surface area contributed by atoms with Crippen LogP contribution >= 0.6 is 0 Å². The third-order valence-corrected chi connectivity index (χ3v) is 3.79. The predicted octanol–water partition coefficient (Wildman–Crippen LogP) is 1.14. The predicted molar refractivity (Wildman–Crippen MR) is 73.2 cm³/mol. The standard InChI is InChI=1S/C14H21N3O3/c1-10-5-4-6-17(8-10)13(18)9-20-14(19)12-7-15-16(3)11(12)2/h7,10H,4-6,8-9H2,1-3H3. The Morgan fingerprint density at radius 1 is 1.50 bits per heavy atom. The lowest BCUT2D eigenvalue weighted by atomic mass is 10.0. The second-order valence-electron chi connectivity index (χ2n) is 5.43. The van der Waals surface area contributed by atoms with Gasteiger partial charge in [-0.05, 0) is 25.7 Å². The van der Waals surface area contributed by atoms with Gasteiger partial charge < -0.3 is 9.64 Å². The molecule has 0 N–H and O–H groups in total. The minimum atomic E-state index is -0.492. The van der Waals surface area contributed by atoms with Crippen LogP contribution in [-0.4, -0.2) is 46.3 Å². The number of hydrogen-bond acceptors (Lipinski definition) is 4. The molecular formula is C14H21N3O3. The van der Waals surface area contributed by atoms with Crippen molar-refractivity contribution in [1.29, 1.82) is 0 Å². The van der Waals surface area contributed by atoms with Crippen molar-refractivity contribution in [2.24, 2.45) is 13.0 Å². The molecule has 1 aliphatic heterocycles. The Morgan fingerprint density at radius 3 is 2.85 bits per heavy atom. The number of carbonyl (C=O) groups is 2. The molecule has 2 rings (SSSR count). The number of hydrogen-bond donors (Lipinski definition) is 0. The molecule has 6 nitrogen and oxygen atoms in total. The van der Waals surface area contributed by atoms with Crippen molar-refractivity contribution in [3.05, 3.63) is 17.5 Å². The molecule has 1 fully saturated rings. The lowest BCUT2D eigenvalue weighted by Crippen LogP contribution is -2.41. The van der Waals surface area contributed by atoms with Crippen molar-refractivity contribution in [3.63, 3.8) is 0 Å². The highest BCUT2D eigenvalue weighted by molar-refractivity contribution is 5.92. The Morgan fingerprint density at radius 2 is 2.25 bits per heavy atom. The van der Waals surface area contributed by atoms with Crippen molar-refractivity contribution in [2.75, 3.05) is 19.7 Å². The van der Waals surface area contributed by atoms with Gasteiger partial charge in [0.1, 0.15) is 5.56 Å². The average Bonchev–Trinajstić information content (AvgIpc) is 2.76. The molecule has 1 unspecified atom stereocenters. The molecule has 1 aromatic rings. The smallest absolute Gasteiger partial charge is 0.342 e. The molecule has 6 heteroatoms. The fraction of sp³-hybridized carbons (Fsp3) is 0.643. The van der Waals surface area contributed by atoms with Crippen molar-refractivity contribution in [1.82, 2.24) is 14.7 Å². The number of esters is 1. The van der Waals surface area contributed by atoms with Gasteiger partial charge in [-0.1, -0.05) is 6.92 Å². The molecular weight excluding hydrogens is 258 g/mol. The van der Waals surface area contributed by atoms with E-state index in [-0.39, 0.29) is 12.5 Å². The molecule has 0 saturated carbocycles. The highest BCUT2D eigenvalue weighted by atomic mass is 16.5. The Bertz CT molecular complexity index is 510. The van der Waals surface area contributed by atoms with Crippen LogP contribution in [0.25, 0.3) is 0 Å². The molecule has 1 aromatic heterocycles. The largest absolute Gasteiger partial charge is 0.452 e. The first-order chi connectivity index (χ1) is 9.49. The molecule has 1 saturated heterocycles. The summed E-state index contributed by atoms with van der Waals surface area (Å²) in [5, 5.41) is 3.98. The second-order valence-corrected chi connectivity index (χ2v) is 5.43. The minimum Gasteiger partial charge on any atom is -0.452 e. The maximum atomic E-state index is 12.0. The first-order valence-corrected chi connectivity index (χ1v) is 6.92. The molecule has 2 heterocycles. The van der Waals surface area contributed by atoms with E-state index in [1.807, 2.05) is 0 Å². The average molecular weight is 279 g/mol. The second kappa shape index (κ2) is 6.07. The Labute approximate surface area is 118 Å². The molecule has 20 heavy (non-hydrogen) atoms. The van der Waals surface area contributed by atoms with E-state index < -0.39 is 5.97 Å². The van der Waals surface area contributed by atoms with Crippen molar-refractivity contribution < 1.29 is 14.3 Å². The summed E-state index contributed by atoms with van der Waals surface area (Å²) in [6, 6.07) is 0. The van der Waals surface area contributed by atoms with Gasteiger partial charge >= 0.3 is 5.97 Å². The zero-order chi connectivity index (χ0) is 14.7. The highest BCUT2D eigenvalue weighted by Crippen LogP contribution is 2.15. The van der Waals surface area contributed by atoms with Gasteiger partial charge in [0, 0.05) is 25.8 Å². The third-order valence-electron chi connectivity index (χ3n) is 3.79. The molecule has 0 spiro atoms. The number of carbonyl (C=O) groups excluding carboxylic acids is 2. The van der Waals surface area contributed by atoms with Gasteiger partial charge in [0.2, 0.25) is 0 Å². The van der Waals surface area contributed by atoms with Crippen LogP contribution < -0.4 is 0 Å². The number of ether oxygens (including phenoxy) is 1. The summed E-state index contributed by atoms with van der Waals surface area (Å²) in [5.74, 6) is -0.0931. The maximum absolute atomic E-state index is 12.0. The Hall–Kier alpha value is -1.85. The number of likely N-dealkylation sites (tertiary alicyclic amines) is 1. The molecule has 0 aromatic carbocycles. The van der Waals surface area contributed by atoms with E-state index >= 15 is 0 Å². The first-order valence-electron chi connectivity index (χ1n) is 6.92. The lowest BCUT2D eigenvalue weighted by molar-refractivity contribution is -0.136. The normalized spacial score (nSPS) is 18.9. The quantitative estimate of drug-likeness (QED) is 0.778. The molecule has 110 valence electrons. The molecule has 0 radical (unpaired) electrons. The van der Waals surface area contributed by atoms with E-state index in [0.29, 0.717) is 11.5 Å². The van der Waals surface area contributed by atoms with Crippen LogP contribution in [0.5, 0.6) is 0 Å². The fourth-order valence-corrected chi connectivity index (χ4v) is 2.41. The van der Waals surface area contributed by atoms with E-state index in [1.165, 1.54) is 6.20 Å². The lowest BCUT2D eigenvalue weighted by Gasteiger charge is -2.30. The molecule has 1 aliphatic rings. The van der Waals surface area contributed by atoms with Gasteiger partial charge in [0.05, 0.1) is 6.20 Å². The van der Waals surface area contributed by atoms with Gasteiger partial charge in [0.25, 0.3) is 5.91 Å². The van der Waals surface area contributed by atoms with Crippen molar-refractivity contribution >= 4 is 11.9 Å². The van der Waals surface area contributed by atoms with Gasteiger partial charge in [-0.3, -0.25) is 9.48 Å². The van der Waals surface area contributed by atoms with Gasteiger partial charge in [-0.2, -0.15) is 5.10 Å². The van der Waals surface area contributed by atoms with Gasteiger partial charge in [-0.15, -0.1) is 0 Å². The molecule has 0 aliphatic carbocycles. The summed E-state index contributed by atoms with van der Waals surface area (Å²) >= 11 is 0. The summed E-state index contributed by atoms with van der Waals surface area (Å²) in [7, 11) is 1.76. The molecule has 1 atom stereocenters. The molecule has 0 bridgehead atoms. The van der Waals surface area contributed by atoms with Crippen LogP contribution in [0.2, 0.25) is 0 Å². The van der Waals surface area contributed by atoms with Gasteiger partial charge in [0.15, 0.2) is 6.61 Å². The number of rotatable bonds is 3. The van der Waals surface area contributed by atoms with Gasteiger partial charge in [-0.25, -0.2) is 4.79 Å². The zero-order valence-electron chi connectivity index (χ0n) is 12.3. The summed E-state index contributed by atoms with van der Waals surface area (Å²) in [4.78, 5) is 25.7. The molecule has 1 amide bonds. The monoisotopic (exact) mass is 279 g/mol. The van der Waals surface area contributed by atoms with E-state index in [1.54, 1.807) is 23.6 Å². The van der Waals surface area contributed by atoms with E-state index in [2.05, 4.69) is 12.0 Å². The zero-order valence-corrected chi connectivity index (χ0v) is 12.3. The van der Waals surface area contributed by atoms with Crippen molar-refractivity contribution in [2.45, 2.75) is 26.7 Å². The Kier molecular flexibility index (Phi) is 4.42. The van der Waals surface area contributed by atoms with Crippen LogP contribution in [0.15, 0.2) is 6.20 Å². The number of aryl methyl sites for hydroxylation is 1. The van der Waals surface area contributed by atoms with E-state index in [4.69, 9.17) is 4.74 Å². The highest BCUT2D eigenvalue weighted by Gasteiger charge is 2.22. The summed E-state index contributed by atoms with van der Waals surface area (Å²) < 4.78 is 6.69. The minimum absolute atomic E-state index is 0.119. The Balaban J connectivity index is 1.87. The van der Waals surface area contributed by atoms with E-state index in [9.17, 15) is 9.59 Å². The third kappa shape index (κ3) is 3.18. The number of aromatic nitrogens is 2. The number of nitrogens with zero attached hydrogens (tertiary/aromatic N) is 3. The summed E-state index contributed by atoms with van der Waals surface area (Å²) in [6.45, 7) is 5.23.